The largest absolute Gasteiger partial charge is 2.00 e. The molecule has 0 spiro atoms. The van der Waals surface area contributed by atoms with Crippen LogP contribution in [0.1, 0.15) is 30.0 Å². The van der Waals surface area contributed by atoms with Gasteiger partial charge < -0.3 is 46.1 Å². The van der Waals surface area contributed by atoms with E-state index in [1.807, 2.05) is 0 Å². The summed E-state index contributed by atoms with van der Waals surface area (Å²) >= 11 is 0. The molecule has 0 aliphatic carbocycles. The van der Waals surface area contributed by atoms with E-state index >= 15 is 0 Å². The van der Waals surface area contributed by atoms with E-state index in [0.717, 1.165) is 0 Å². The Morgan fingerprint density at radius 1 is 0.885 bits per heavy atom. The van der Waals surface area contributed by atoms with E-state index < -0.39 is 54.3 Å². The summed E-state index contributed by atoms with van der Waals surface area (Å²) < 4.78 is 0. The Morgan fingerprint density at radius 2 is 1.23 bits per heavy atom. The zero-order valence-corrected chi connectivity index (χ0v) is 19.2. The summed E-state index contributed by atoms with van der Waals surface area (Å²) in [6.07, 6.45) is -2.51. The van der Waals surface area contributed by atoms with E-state index in [2.05, 4.69) is 0 Å². The van der Waals surface area contributed by atoms with Gasteiger partial charge in [0, 0.05) is 6.42 Å². The van der Waals surface area contributed by atoms with Crippen LogP contribution >= 0.6 is 0 Å². The van der Waals surface area contributed by atoms with Gasteiger partial charge in [-0.15, -0.1) is 0 Å². The molecule has 0 fully saturated rings. The first-order chi connectivity index (χ1) is 10.3. The van der Waals surface area contributed by atoms with Crippen molar-refractivity contribution >= 4 is 67.6 Å². The second kappa shape index (κ2) is 18.5. The number of carboxylic acid groups (broad SMARTS) is 5. The van der Waals surface area contributed by atoms with Gasteiger partial charge in [0.05, 0.1) is 12.8 Å². The van der Waals surface area contributed by atoms with Gasteiger partial charge >= 0.3 is 119 Å². The molecule has 0 radical (unpaired) electrons. The van der Waals surface area contributed by atoms with Gasteiger partial charge in [-0.25, -0.2) is 4.79 Å². The molecule has 1 atom stereocenters. The Balaban J connectivity index is -0.0000000428. The van der Waals surface area contributed by atoms with Crippen molar-refractivity contribution in [1.29, 1.82) is 0 Å². The topological polar surface area (TPSA) is 264 Å². The number of rotatable bonds is 9. The van der Waals surface area contributed by atoms with Crippen molar-refractivity contribution in [3.63, 3.8) is 0 Å². The maximum absolute atomic E-state index is 10.3. The third-order valence-electron chi connectivity index (χ3n) is 2.27. The van der Waals surface area contributed by atoms with Crippen LogP contribution in [0.4, 0.5) is 0 Å². The Labute approximate surface area is 223 Å². The van der Waals surface area contributed by atoms with Crippen LogP contribution in [0.2, 0.25) is 0 Å². The maximum Gasteiger partial charge on any atom is 2.00 e. The Hall–Kier alpha value is 0.126. The van der Waals surface area contributed by atoms with Crippen molar-refractivity contribution in [2.75, 3.05) is 0 Å². The van der Waals surface area contributed by atoms with Crippen LogP contribution in [0.25, 0.3) is 0 Å². The van der Waals surface area contributed by atoms with Gasteiger partial charge in [-0.1, -0.05) is 0 Å². The summed E-state index contributed by atoms with van der Waals surface area (Å²) in [5, 5.41) is 50.1. The minimum atomic E-state index is -2.74. The monoisotopic (exact) mass is 439 g/mol. The minimum Gasteiger partial charge on any atom is -1.00 e. The predicted molar refractivity (Wildman–Crippen MR) is 82.3 cm³/mol. The fraction of sp³-hybridized carbons (Fsp3) is 0.545. The summed E-state index contributed by atoms with van der Waals surface area (Å²) in [5.74, 6) is -7.22. The summed E-state index contributed by atoms with van der Waals surface area (Å²) in [7, 11) is 0. The Bertz CT molecular complexity index is 484. The minimum absolute atomic E-state index is 0. The average Bonchev–Trinajstić information content (AvgIpc) is 2.34. The van der Waals surface area contributed by atoms with E-state index in [4.69, 9.17) is 36.4 Å². The fourth-order valence-electron chi connectivity index (χ4n) is 1.12. The SMILES string of the molecule is N[C@@H](CCC(=O)O)C(=O)O.O.O=C(O)CC(O)(CC(=O)O)C(=O)O.[Ca+2].[H-].[H-].[H-].[K+]. The number of carboxylic acids is 5. The average molecular weight is 439 g/mol. The Morgan fingerprint density at radius 3 is 1.42 bits per heavy atom. The molecule has 0 aromatic rings. The van der Waals surface area contributed by atoms with Crippen molar-refractivity contribution in [3.8, 4) is 0 Å². The molecule has 0 saturated carbocycles. The molecule has 26 heavy (non-hydrogen) atoms. The molecule has 0 heterocycles. The number of hydrogen-bond donors (Lipinski definition) is 7. The van der Waals surface area contributed by atoms with E-state index in [9.17, 15) is 24.0 Å². The first-order valence-corrected chi connectivity index (χ1v) is 5.91. The van der Waals surface area contributed by atoms with Crippen LogP contribution in [0, 0.1) is 0 Å². The van der Waals surface area contributed by atoms with Crippen molar-refractivity contribution < 1.29 is 116 Å². The number of aliphatic carboxylic acids is 5. The summed E-state index contributed by atoms with van der Waals surface area (Å²) in [6, 6.07) is -1.06. The second-order valence-electron chi connectivity index (χ2n) is 4.35. The first kappa shape index (κ1) is 37.0. The summed E-state index contributed by atoms with van der Waals surface area (Å²) in [5.41, 5.74) is 2.26. The number of nitrogens with two attached hydrogens (primary N) is 1. The fourth-order valence-corrected chi connectivity index (χ4v) is 1.12. The third kappa shape index (κ3) is 20.4. The molecule has 13 nitrogen and oxygen atoms in total. The molecule has 0 aromatic heterocycles. The smallest absolute Gasteiger partial charge is 1.00 e. The van der Waals surface area contributed by atoms with Gasteiger partial charge in [0.1, 0.15) is 6.04 Å². The number of carbonyl (C=O) groups is 5. The quantitative estimate of drug-likeness (QED) is 0.166. The molecule has 15 heteroatoms. The maximum atomic E-state index is 10.3. The zero-order valence-electron chi connectivity index (χ0n) is 16.9. The molecule has 0 saturated heterocycles. The summed E-state index contributed by atoms with van der Waals surface area (Å²) in [4.78, 5) is 50.4. The van der Waals surface area contributed by atoms with Crippen molar-refractivity contribution in [2.24, 2.45) is 5.73 Å². The first-order valence-electron chi connectivity index (χ1n) is 5.91. The zero-order chi connectivity index (χ0) is 18.8. The Kier molecular flexibility index (Phi) is 26.3. The summed E-state index contributed by atoms with van der Waals surface area (Å²) in [6.45, 7) is 0. The molecule has 0 amide bonds. The third-order valence-corrected chi connectivity index (χ3v) is 2.27. The molecular formula is C11H22CaKNO12. The number of aliphatic hydroxyl groups is 1. The molecule has 0 aliphatic rings. The van der Waals surface area contributed by atoms with Gasteiger partial charge in [-0.3, -0.25) is 19.2 Å². The van der Waals surface area contributed by atoms with Crippen molar-refractivity contribution in [2.45, 2.75) is 37.3 Å². The van der Waals surface area contributed by atoms with Crippen LogP contribution in [-0.4, -0.2) is 115 Å². The van der Waals surface area contributed by atoms with Gasteiger partial charge in [-0.05, 0) is 6.42 Å². The second-order valence-corrected chi connectivity index (χ2v) is 4.35. The molecule has 146 valence electrons. The van der Waals surface area contributed by atoms with Gasteiger partial charge in [0.15, 0.2) is 5.60 Å². The molecule has 0 unspecified atom stereocenters. The van der Waals surface area contributed by atoms with E-state index in [1.54, 1.807) is 0 Å². The van der Waals surface area contributed by atoms with E-state index in [1.165, 1.54) is 0 Å². The van der Waals surface area contributed by atoms with Gasteiger partial charge in [0.25, 0.3) is 0 Å². The van der Waals surface area contributed by atoms with Crippen LogP contribution in [0.15, 0.2) is 0 Å². The van der Waals surface area contributed by atoms with Gasteiger partial charge in [0.2, 0.25) is 0 Å². The van der Waals surface area contributed by atoms with Gasteiger partial charge in [-0.2, -0.15) is 0 Å². The van der Waals surface area contributed by atoms with Crippen molar-refractivity contribution in [3.05, 3.63) is 0 Å². The van der Waals surface area contributed by atoms with Crippen LogP contribution < -0.4 is 57.1 Å². The molecule has 10 N–H and O–H groups in total. The predicted octanol–water partition coefficient (Wildman–Crippen LogP) is -5.85. The molecular weight excluding hydrogens is 417 g/mol. The molecule has 0 rings (SSSR count). The van der Waals surface area contributed by atoms with E-state index in [-0.39, 0.29) is 112 Å². The van der Waals surface area contributed by atoms with Crippen LogP contribution in [0.3, 0.4) is 0 Å². The van der Waals surface area contributed by atoms with Crippen LogP contribution in [0.5, 0.6) is 0 Å². The molecule has 0 bridgehead atoms. The number of hydrogen-bond acceptors (Lipinski definition) is 7. The van der Waals surface area contributed by atoms with Crippen LogP contribution in [-0.2, 0) is 24.0 Å². The molecule has 0 aliphatic heterocycles. The standard InChI is InChI=1S/C6H8O7.C5H9NO4.Ca.K.H2O.3H/c7-3(8)1-6(13,5(11)12)2-4(9)10;6-3(5(9)10)1-2-4(7)8;;;;;;/h13H,1-2H2,(H,7,8)(H,9,10)(H,11,12);3H,1-2,6H2,(H,7,8)(H,9,10);;;1H2;;;/q;;+2;+1;;3*-1/t;3-;;;;;;/m.0....../s1. The van der Waals surface area contributed by atoms with E-state index in [0.29, 0.717) is 0 Å². The molecule has 0 aromatic carbocycles. The van der Waals surface area contributed by atoms with Crippen molar-refractivity contribution in [1.82, 2.24) is 0 Å². The normalized spacial score (nSPS) is 10.2.